The highest BCUT2D eigenvalue weighted by Gasteiger charge is 2.25. The van der Waals surface area contributed by atoms with Crippen molar-refractivity contribution in [1.82, 2.24) is 10.3 Å². The molecule has 0 radical (unpaired) electrons. The van der Waals surface area contributed by atoms with Crippen LogP contribution < -0.4 is 20.1 Å². The van der Waals surface area contributed by atoms with Crippen LogP contribution in [0.4, 0.5) is 11.6 Å². The molecule has 0 aromatic carbocycles. The van der Waals surface area contributed by atoms with Crippen molar-refractivity contribution in [2.75, 3.05) is 42.9 Å². The zero-order chi connectivity index (χ0) is 11.0. The van der Waals surface area contributed by atoms with Gasteiger partial charge in [0, 0.05) is 26.2 Å². The molecule has 2 aliphatic rings. The van der Waals surface area contributed by atoms with E-state index in [1.165, 1.54) is 5.82 Å². The van der Waals surface area contributed by atoms with E-state index in [-0.39, 0.29) is 0 Å². The van der Waals surface area contributed by atoms with Crippen LogP contribution in [0.15, 0.2) is 12.4 Å². The molecule has 1 aromatic heterocycles. The van der Waals surface area contributed by atoms with Crippen LogP contribution in [0.25, 0.3) is 0 Å². The lowest BCUT2D eigenvalue weighted by Gasteiger charge is -2.26. The molecule has 1 atom stereocenters. The van der Waals surface area contributed by atoms with Gasteiger partial charge >= 0.3 is 0 Å². The van der Waals surface area contributed by atoms with Crippen molar-refractivity contribution in [3.63, 3.8) is 0 Å². The van der Waals surface area contributed by atoms with Gasteiger partial charge in [-0.15, -0.1) is 0 Å². The van der Waals surface area contributed by atoms with Crippen molar-refractivity contribution < 1.29 is 4.57 Å². The van der Waals surface area contributed by atoms with Gasteiger partial charge < -0.3 is 15.5 Å². The number of nitrogens with zero attached hydrogens (tertiary/aromatic N) is 3. The highest BCUT2D eigenvalue weighted by Crippen LogP contribution is 2.18. The third kappa shape index (κ3) is 1.61. The van der Waals surface area contributed by atoms with E-state index in [0.717, 1.165) is 38.5 Å². The van der Waals surface area contributed by atoms with Gasteiger partial charge in [-0.05, 0) is 6.92 Å². The third-order valence-electron chi connectivity index (χ3n) is 3.35. The second-order valence-electron chi connectivity index (χ2n) is 4.51. The molecule has 2 N–H and O–H groups in total. The summed E-state index contributed by atoms with van der Waals surface area (Å²) in [6.07, 6.45) is 1.96. The van der Waals surface area contributed by atoms with Gasteiger partial charge in [-0.3, -0.25) is 0 Å². The van der Waals surface area contributed by atoms with Gasteiger partial charge in [-0.25, -0.2) is 4.57 Å². The fourth-order valence-corrected chi connectivity index (χ4v) is 2.33. The number of rotatable bonds is 1. The number of hydrogen-bond donors (Lipinski definition) is 2. The lowest BCUT2D eigenvalue weighted by Crippen LogP contribution is -2.44. The van der Waals surface area contributed by atoms with Crippen molar-refractivity contribution >= 4 is 11.6 Å². The Labute approximate surface area is 95.5 Å². The van der Waals surface area contributed by atoms with Crippen LogP contribution >= 0.6 is 0 Å². The Kier molecular flexibility index (Phi) is 2.40. The molecule has 0 saturated carbocycles. The highest BCUT2D eigenvalue weighted by molar-refractivity contribution is 5.47. The largest absolute Gasteiger partial charge is 0.340 e. The lowest BCUT2D eigenvalue weighted by molar-refractivity contribution is -0.696. The normalized spacial score (nSPS) is 24.1. The summed E-state index contributed by atoms with van der Waals surface area (Å²) in [4.78, 5) is 6.88. The standard InChI is InChI=1S/C11H17N5/c1-9-7-13-11-6-10(14-8-16(9)11)15-4-2-12-3-5-15/h6,8-9,12H,2-5,7H2,1H3/p+1/t9-/m1/s1. The SMILES string of the molecule is C[C@@H]1CNc2cc(N3CCNCC3)nc[n+]21. The van der Waals surface area contributed by atoms with Crippen LogP contribution in [0.3, 0.4) is 0 Å². The van der Waals surface area contributed by atoms with Crippen molar-refractivity contribution in [2.24, 2.45) is 0 Å². The number of fused-ring (bicyclic) bond motifs is 1. The summed E-state index contributed by atoms with van der Waals surface area (Å²) in [5.74, 6) is 2.28. The molecule has 16 heavy (non-hydrogen) atoms. The van der Waals surface area contributed by atoms with E-state index in [4.69, 9.17) is 0 Å². The van der Waals surface area contributed by atoms with Gasteiger partial charge in [0.25, 0.3) is 0 Å². The zero-order valence-corrected chi connectivity index (χ0v) is 9.61. The molecule has 3 heterocycles. The Morgan fingerprint density at radius 1 is 1.44 bits per heavy atom. The lowest BCUT2D eigenvalue weighted by atomic mass is 10.3. The van der Waals surface area contributed by atoms with Crippen LogP contribution in [0, 0.1) is 0 Å². The summed E-state index contributed by atoms with van der Waals surface area (Å²) in [7, 11) is 0. The molecule has 5 nitrogen and oxygen atoms in total. The Morgan fingerprint density at radius 2 is 2.25 bits per heavy atom. The van der Waals surface area contributed by atoms with Gasteiger partial charge in [-0.1, -0.05) is 4.98 Å². The minimum absolute atomic E-state index is 0.513. The maximum atomic E-state index is 4.55. The molecule has 86 valence electrons. The van der Waals surface area contributed by atoms with Crippen LogP contribution in [0.5, 0.6) is 0 Å². The number of piperazine rings is 1. The van der Waals surface area contributed by atoms with E-state index >= 15 is 0 Å². The van der Waals surface area contributed by atoms with E-state index in [0.29, 0.717) is 6.04 Å². The third-order valence-corrected chi connectivity index (χ3v) is 3.35. The number of aromatic nitrogens is 2. The topological polar surface area (TPSA) is 44.1 Å². The summed E-state index contributed by atoms with van der Waals surface area (Å²) in [5, 5.41) is 6.76. The molecule has 0 bridgehead atoms. The minimum Gasteiger partial charge on any atom is -0.340 e. The number of nitrogens with one attached hydrogen (secondary N) is 2. The second-order valence-corrected chi connectivity index (χ2v) is 4.51. The highest BCUT2D eigenvalue weighted by atomic mass is 15.3. The fourth-order valence-electron chi connectivity index (χ4n) is 2.33. The summed E-state index contributed by atoms with van der Waals surface area (Å²) < 4.78 is 2.20. The van der Waals surface area contributed by atoms with Crippen molar-refractivity contribution in [1.29, 1.82) is 0 Å². The van der Waals surface area contributed by atoms with Crippen molar-refractivity contribution in [3.05, 3.63) is 12.4 Å². The molecule has 0 amide bonds. The van der Waals surface area contributed by atoms with Crippen molar-refractivity contribution in [2.45, 2.75) is 13.0 Å². The first-order chi connectivity index (χ1) is 7.84. The predicted molar refractivity (Wildman–Crippen MR) is 62.7 cm³/mol. The first-order valence-electron chi connectivity index (χ1n) is 5.95. The maximum absolute atomic E-state index is 4.55. The summed E-state index contributed by atoms with van der Waals surface area (Å²) >= 11 is 0. The molecule has 1 fully saturated rings. The molecule has 3 rings (SSSR count). The molecule has 0 spiro atoms. The molecular weight excluding hydrogens is 202 g/mol. The molecular formula is C11H18N5+. The molecule has 1 aromatic rings. The molecule has 1 saturated heterocycles. The van der Waals surface area contributed by atoms with Gasteiger partial charge in [0.2, 0.25) is 18.0 Å². The van der Waals surface area contributed by atoms with Crippen LogP contribution in [0.1, 0.15) is 13.0 Å². The van der Waals surface area contributed by atoms with E-state index < -0.39 is 0 Å². The van der Waals surface area contributed by atoms with E-state index in [1.54, 1.807) is 0 Å². The van der Waals surface area contributed by atoms with Crippen LogP contribution in [-0.2, 0) is 0 Å². The van der Waals surface area contributed by atoms with Gasteiger partial charge in [0.1, 0.15) is 6.04 Å². The molecule has 5 heteroatoms. The van der Waals surface area contributed by atoms with Gasteiger partial charge in [0.15, 0.2) is 0 Å². The molecule has 0 unspecified atom stereocenters. The number of hydrogen-bond acceptors (Lipinski definition) is 4. The molecule has 0 aliphatic carbocycles. The fraction of sp³-hybridized carbons (Fsp3) is 0.636. The Bertz CT molecular complexity index is 386. The predicted octanol–water partition coefficient (Wildman–Crippen LogP) is -0.235. The summed E-state index contributed by atoms with van der Waals surface area (Å²) in [6, 6.07) is 2.68. The monoisotopic (exact) mass is 220 g/mol. The average molecular weight is 220 g/mol. The maximum Gasteiger partial charge on any atom is 0.228 e. The van der Waals surface area contributed by atoms with E-state index in [1.807, 2.05) is 6.33 Å². The van der Waals surface area contributed by atoms with Crippen molar-refractivity contribution in [3.8, 4) is 0 Å². The Balaban J connectivity index is 1.86. The van der Waals surface area contributed by atoms with Crippen LogP contribution in [-0.4, -0.2) is 37.7 Å². The van der Waals surface area contributed by atoms with E-state index in [9.17, 15) is 0 Å². The number of anilines is 2. The first-order valence-corrected chi connectivity index (χ1v) is 5.95. The minimum atomic E-state index is 0.513. The van der Waals surface area contributed by atoms with Gasteiger partial charge in [-0.2, -0.15) is 0 Å². The first kappa shape index (κ1) is 9.84. The van der Waals surface area contributed by atoms with E-state index in [2.05, 4.69) is 38.1 Å². The summed E-state index contributed by atoms with van der Waals surface area (Å²) in [5.41, 5.74) is 0. The summed E-state index contributed by atoms with van der Waals surface area (Å²) in [6.45, 7) is 7.41. The molecule has 2 aliphatic heterocycles. The zero-order valence-electron chi connectivity index (χ0n) is 9.61. The average Bonchev–Trinajstić information content (AvgIpc) is 2.72. The Hall–Kier alpha value is -1.36. The quantitative estimate of drug-likeness (QED) is 0.641. The Morgan fingerprint density at radius 3 is 3.06 bits per heavy atom. The second kappa shape index (κ2) is 3.90. The smallest absolute Gasteiger partial charge is 0.228 e. The van der Waals surface area contributed by atoms with Gasteiger partial charge in [0.05, 0.1) is 12.6 Å². The van der Waals surface area contributed by atoms with Crippen LogP contribution in [0.2, 0.25) is 0 Å².